The van der Waals surface area contributed by atoms with Crippen LogP contribution in [0.25, 0.3) is 0 Å². The molecule has 4 aliphatic rings. The van der Waals surface area contributed by atoms with E-state index in [9.17, 15) is 39.9 Å². The predicted octanol–water partition coefficient (Wildman–Crippen LogP) is 1.70. The van der Waals surface area contributed by atoms with Crippen molar-refractivity contribution in [1.29, 1.82) is 0 Å². The molecular weight excluding hydrogens is 628 g/mol. The summed E-state index contributed by atoms with van der Waals surface area (Å²) in [7, 11) is 0. The molecule has 0 aromatic heterocycles. The van der Waals surface area contributed by atoms with E-state index in [1.165, 1.54) is 20.8 Å². The van der Waals surface area contributed by atoms with Crippen molar-refractivity contribution in [3.05, 3.63) is 23.3 Å². The van der Waals surface area contributed by atoms with Gasteiger partial charge in [-0.15, -0.1) is 0 Å². The van der Waals surface area contributed by atoms with Crippen molar-refractivity contribution in [2.45, 2.75) is 142 Å². The number of carbonyl (C=O) groups is 3. The molecule has 14 atom stereocenters. The minimum absolute atomic E-state index is 0.233. The van der Waals surface area contributed by atoms with Gasteiger partial charge in [-0.25, -0.2) is 0 Å². The van der Waals surface area contributed by atoms with Crippen LogP contribution in [0.4, 0.5) is 0 Å². The zero-order valence-electron chi connectivity index (χ0n) is 29.3. The van der Waals surface area contributed by atoms with Crippen LogP contribution in [-0.4, -0.2) is 111 Å². The fraction of sp³-hybridized carbons (Fsp3) is 0.800. The standard InChI is InChI=1S/C35H54O13/c1-15-12-22(46-32(43)16(2)18(4)37)27-31(45-20(6)39)26-17(3)21(44-19(5)38)10-11-35(26,9)13-23(25(15)34(27,7)8)47-33-30(42)29(41)28(40)24(14-36)48-33/h16,18,21-24,26-31,33,36-37,40-42H,3,10-14H2,1-2,4-9H3/t16-,18+,21+,22+,23+,24-,26+,27+,28-,29+,30-,31+,33-,35+/m1/s1. The van der Waals surface area contributed by atoms with Crippen molar-refractivity contribution in [3.63, 3.8) is 0 Å². The Balaban J connectivity index is 1.91. The van der Waals surface area contributed by atoms with Gasteiger partial charge in [0.1, 0.15) is 42.7 Å². The van der Waals surface area contributed by atoms with Gasteiger partial charge in [-0.3, -0.25) is 14.4 Å². The summed E-state index contributed by atoms with van der Waals surface area (Å²) in [6.45, 7) is 17.3. The van der Waals surface area contributed by atoms with Crippen molar-refractivity contribution in [3.8, 4) is 0 Å². The van der Waals surface area contributed by atoms with Crippen LogP contribution in [0, 0.1) is 28.6 Å². The highest BCUT2D eigenvalue weighted by Gasteiger charge is 2.62. The molecule has 13 heteroatoms. The van der Waals surface area contributed by atoms with Gasteiger partial charge in [-0.05, 0) is 62.0 Å². The number of ether oxygens (including phenoxy) is 5. The minimum Gasteiger partial charge on any atom is -0.461 e. The summed E-state index contributed by atoms with van der Waals surface area (Å²) in [4.78, 5) is 38.4. The normalized spacial score (nSPS) is 40.9. The Morgan fingerprint density at radius 3 is 2.17 bits per heavy atom. The van der Waals surface area contributed by atoms with Crippen molar-refractivity contribution in [2.24, 2.45) is 28.6 Å². The van der Waals surface area contributed by atoms with Gasteiger partial charge in [0.2, 0.25) is 0 Å². The van der Waals surface area contributed by atoms with E-state index in [2.05, 4.69) is 6.58 Å². The molecule has 5 N–H and O–H groups in total. The minimum atomic E-state index is -1.65. The quantitative estimate of drug-likeness (QED) is 0.141. The van der Waals surface area contributed by atoms with Crippen LogP contribution >= 0.6 is 0 Å². The molecule has 2 saturated carbocycles. The van der Waals surface area contributed by atoms with E-state index in [0.29, 0.717) is 24.8 Å². The van der Waals surface area contributed by atoms with E-state index in [-0.39, 0.29) is 6.42 Å². The predicted molar refractivity (Wildman–Crippen MR) is 170 cm³/mol. The average Bonchev–Trinajstić information content (AvgIpc) is 2.96. The maximum absolute atomic E-state index is 13.4. The van der Waals surface area contributed by atoms with Crippen LogP contribution < -0.4 is 0 Å². The molecule has 0 unspecified atom stereocenters. The zero-order valence-corrected chi connectivity index (χ0v) is 29.3. The molecule has 0 spiro atoms. The fourth-order valence-corrected chi connectivity index (χ4v) is 8.76. The number of aliphatic hydroxyl groups is 5. The highest BCUT2D eigenvalue weighted by molar-refractivity contribution is 5.73. The van der Waals surface area contributed by atoms with Crippen molar-refractivity contribution in [2.75, 3.05) is 6.61 Å². The van der Waals surface area contributed by atoms with Crippen LogP contribution in [0.1, 0.15) is 81.1 Å². The number of aliphatic hydroxyl groups excluding tert-OH is 5. The zero-order chi connectivity index (χ0) is 36.0. The summed E-state index contributed by atoms with van der Waals surface area (Å²) in [5, 5.41) is 52.0. The van der Waals surface area contributed by atoms with Crippen LogP contribution in [-0.2, 0) is 38.1 Å². The number of fused-ring (bicyclic) bond motifs is 3. The van der Waals surface area contributed by atoms with Crippen LogP contribution in [0.2, 0.25) is 0 Å². The molecule has 0 aromatic carbocycles. The summed E-state index contributed by atoms with van der Waals surface area (Å²) in [6.07, 6.45) is -10.1. The van der Waals surface area contributed by atoms with Gasteiger partial charge >= 0.3 is 17.9 Å². The Kier molecular flexibility index (Phi) is 11.6. The summed E-state index contributed by atoms with van der Waals surface area (Å²) in [5.41, 5.74) is 0.570. The lowest BCUT2D eigenvalue weighted by Gasteiger charge is -2.59. The molecule has 2 bridgehead atoms. The number of hydrogen-bond acceptors (Lipinski definition) is 13. The summed E-state index contributed by atoms with van der Waals surface area (Å²) in [6, 6.07) is 0. The molecular formula is C35H54O13. The molecule has 1 heterocycles. The molecule has 4 rings (SSSR count). The molecule has 0 amide bonds. The second kappa shape index (κ2) is 14.5. The number of hydrogen-bond donors (Lipinski definition) is 5. The third kappa shape index (κ3) is 7.24. The van der Waals surface area contributed by atoms with Gasteiger partial charge in [0.25, 0.3) is 0 Å². The topological polar surface area (TPSA) is 199 Å². The fourth-order valence-electron chi connectivity index (χ4n) is 8.76. The second-order valence-corrected chi connectivity index (χ2v) is 15.1. The van der Waals surface area contributed by atoms with Gasteiger partial charge < -0.3 is 49.2 Å². The Morgan fingerprint density at radius 2 is 1.60 bits per heavy atom. The summed E-state index contributed by atoms with van der Waals surface area (Å²) >= 11 is 0. The number of carbonyl (C=O) groups excluding carboxylic acids is 3. The van der Waals surface area contributed by atoms with Gasteiger partial charge in [-0.2, -0.15) is 0 Å². The Bertz CT molecular complexity index is 1270. The van der Waals surface area contributed by atoms with Crippen molar-refractivity contribution >= 4 is 17.9 Å². The second-order valence-electron chi connectivity index (χ2n) is 15.1. The summed E-state index contributed by atoms with van der Waals surface area (Å²) in [5.74, 6) is -3.76. The van der Waals surface area contributed by atoms with Crippen LogP contribution in [0.5, 0.6) is 0 Å². The van der Waals surface area contributed by atoms with Gasteiger partial charge in [0.15, 0.2) is 6.29 Å². The highest BCUT2D eigenvalue weighted by Crippen LogP contribution is 2.61. The molecule has 3 aliphatic carbocycles. The molecule has 13 nitrogen and oxygen atoms in total. The molecule has 0 radical (unpaired) electrons. The maximum Gasteiger partial charge on any atom is 0.311 e. The lowest BCUT2D eigenvalue weighted by atomic mass is 9.50. The Labute approximate surface area is 282 Å². The lowest BCUT2D eigenvalue weighted by molar-refractivity contribution is -0.312. The van der Waals surface area contributed by atoms with E-state index >= 15 is 0 Å². The van der Waals surface area contributed by atoms with Gasteiger partial charge in [0, 0.05) is 32.1 Å². The monoisotopic (exact) mass is 682 g/mol. The maximum atomic E-state index is 13.4. The first-order valence-corrected chi connectivity index (χ1v) is 16.8. The first-order valence-electron chi connectivity index (χ1n) is 16.8. The largest absolute Gasteiger partial charge is 0.461 e. The SMILES string of the molecule is C=C1[C@@H](OC(C)=O)CC[C@@]2(C)C[C@H](O[C@@H]3O[C@H](CO)[C@@H](O)[C@H](O)[C@H]3O)C3=C(C)C[C@H](OC(=O)[C@H](C)[C@H](C)O)[C@@H]([C@@H](OC(C)=O)[C@H]12)C3(C)C. The summed E-state index contributed by atoms with van der Waals surface area (Å²) < 4.78 is 30.5. The third-order valence-electron chi connectivity index (χ3n) is 11.2. The van der Waals surface area contributed by atoms with E-state index in [4.69, 9.17) is 23.7 Å². The Morgan fingerprint density at radius 1 is 0.979 bits per heavy atom. The van der Waals surface area contributed by atoms with Crippen LogP contribution in [0.15, 0.2) is 23.3 Å². The molecule has 1 aliphatic heterocycles. The number of esters is 3. The smallest absolute Gasteiger partial charge is 0.311 e. The third-order valence-corrected chi connectivity index (χ3v) is 11.2. The van der Waals surface area contributed by atoms with E-state index in [0.717, 1.165) is 11.1 Å². The molecule has 48 heavy (non-hydrogen) atoms. The molecule has 3 fully saturated rings. The van der Waals surface area contributed by atoms with Crippen LogP contribution in [0.3, 0.4) is 0 Å². The first-order chi connectivity index (χ1) is 22.2. The van der Waals surface area contributed by atoms with E-state index in [1.54, 1.807) is 6.92 Å². The first kappa shape index (κ1) is 38.4. The Hall–Kier alpha value is -2.39. The van der Waals surface area contributed by atoms with Crippen molar-refractivity contribution < 1.29 is 63.6 Å². The molecule has 0 aromatic rings. The molecule has 1 saturated heterocycles. The molecule has 272 valence electrons. The van der Waals surface area contributed by atoms with E-state index < -0.39 is 114 Å². The van der Waals surface area contributed by atoms with E-state index in [1.807, 2.05) is 27.7 Å². The number of rotatable bonds is 8. The highest BCUT2D eigenvalue weighted by atomic mass is 16.7. The lowest BCUT2D eigenvalue weighted by Crippen LogP contribution is -2.62. The van der Waals surface area contributed by atoms with Crippen molar-refractivity contribution in [1.82, 2.24) is 0 Å². The van der Waals surface area contributed by atoms with Gasteiger partial charge in [0.05, 0.1) is 24.7 Å². The average molecular weight is 683 g/mol. The van der Waals surface area contributed by atoms with Gasteiger partial charge in [-0.1, -0.05) is 32.9 Å².